The van der Waals surface area contributed by atoms with E-state index < -0.39 is 0 Å². The van der Waals surface area contributed by atoms with Crippen molar-refractivity contribution in [1.29, 1.82) is 0 Å². The maximum atomic E-state index is 5.94. The molecule has 1 heterocycles. The third kappa shape index (κ3) is 3.61. The number of aromatic nitrogens is 2. The topological polar surface area (TPSA) is 38.9 Å². The lowest BCUT2D eigenvalue weighted by Crippen LogP contribution is -1.88. The van der Waals surface area contributed by atoms with Crippen LogP contribution in [-0.2, 0) is 12.8 Å². The van der Waals surface area contributed by atoms with Gasteiger partial charge >= 0.3 is 0 Å². The molecule has 1 aromatic carbocycles. The lowest BCUT2D eigenvalue weighted by molar-refractivity contribution is 0.455. The summed E-state index contributed by atoms with van der Waals surface area (Å²) in [6, 6.07) is 5.44. The zero-order valence-electron chi connectivity index (χ0n) is 9.50. The quantitative estimate of drug-likeness (QED) is 0.779. The van der Waals surface area contributed by atoms with E-state index in [1.165, 1.54) is 0 Å². The van der Waals surface area contributed by atoms with Gasteiger partial charge in [-0.15, -0.1) is 21.8 Å². The van der Waals surface area contributed by atoms with Crippen LogP contribution in [0, 0.1) is 0 Å². The van der Waals surface area contributed by atoms with Gasteiger partial charge in [0.05, 0.1) is 16.5 Å². The average Bonchev–Trinajstić information content (AvgIpc) is 2.79. The van der Waals surface area contributed by atoms with Crippen molar-refractivity contribution in [1.82, 2.24) is 10.2 Å². The molecule has 18 heavy (non-hydrogen) atoms. The van der Waals surface area contributed by atoms with E-state index in [2.05, 4.69) is 10.2 Å². The van der Waals surface area contributed by atoms with Crippen LogP contribution < -0.4 is 0 Å². The molecule has 0 bridgehead atoms. The van der Waals surface area contributed by atoms with E-state index >= 15 is 0 Å². The second-order valence-corrected chi connectivity index (χ2v) is 5.00. The number of alkyl halides is 1. The third-order valence-electron chi connectivity index (χ3n) is 2.37. The predicted octanol–water partition coefficient (Wildman–Crippen LogP) is 4.14. The van der Waals surface area contributed by atoms with Gasteiger partial charge < -0.3 is 4.42 Å². The van der Waals surface area contributed by atoms with Crippen molar-refractivity contribution in [2.24, 2.45) is 0 Å². The normalized spacial score (nSPS) is 10.8. The van der Waals surface area contributed by atoms with Gasteiger partial charge in [0.15, 0.2) is 0 Å². The molecule has 0 saturated heterocycles. The molecule has 0 aliphatic heterocycles. The summed E-state index contributed by atoms with van der Waals surface area (Å²) in [5.74, 6) is 1.77. The molecule has 0 spiro atoms. The molecule has 3 nitrogen and oxygen atoms in total. The summed E-state index contributed by atoms with van der Waals surface area (Å²) in [6.45, 7) is 0. The standard InChI is InChI=1S/C12H11Cl3N2O/c13-5-1-2-11-16-17-12(18-11)7-8-3-4-9(14)10(15)6-8/h3-4,6H,1-2,5,7H2. The summed E-state index contributed by atoms with van der Waals surface area (Å²) in [7, 11) is 0. The molecule has 2 rings (SSSR count). The van der Waals surface area contributed by atoms with Gasteiger partial charge in [0.2, 0.25) is 11.8 Å². The largest absolute Gasteiger partial charge is 0.425 e. The molecule has 1 aromatic heterocycles. The monoisotopic (exact) mass is 304 g/mol. The van der Waals surface area contributed by atoms with Gasteiger partial charge in [-0.3, -0.25) is 0 Å². The van der Waals surface area contributed by atoms with Crippen molar-refractivity contribution in [2.75, 3.05) is 5.88 Å². The molecule has 2 aromatic rings. The van der Waals surface area contributed by atoms with Crippen LogP contribution in [0.15, 0.2) is 22.6 Å². The van der Waals surface area contributed by atoms with Crippen LogP contribution in [0.2, 0.25) is 10.0 Å². The summed E-state index contributed by atoms with van der Waals surface area (Å²) in [4.78, 5) is 0. The first-order valence-electron chi connectivity index (χ1n) is 5.50. The van der Waals surface area contributed by atoms with Crippen molar-refractivity contribution in [3.05, 3.63) is 45.6 Å². The summed E-state index contributed by atoms with van der Waals surface area (Å²) in [5.41, 5.74) is 0.983. The summed E-state index contributed by atoms with van der Waals surface area (Å²) < 4.78 is 5.50. The molecule has 6 heteroatoms. The minimum atomic E-state index is 0.524. The fourth-order valence-corrected chi connectivity index (χ4v) is 1.96. The van der Waals surface area contributed by atoms with Gasteiger partial charge in [0.1, 0.15) is 0 Å². The molecule has 0 fully saturated rings. The lowest BCUT2D eigenvalue weighted by Gasteiger charge is -1.99. The highest BCUT2D eigenvalue weighted by atomic mass is 35.5. The molecule has 0 aliphatic rings. The summed E-state index contributed by atoms with van der Waals surface area (Å²) in [5, 5.41) is 9.00. The molecule has 0 amide bonds. The first kappa shape index (κ1) is 13.7. The van der Waals surface area contributed by atoms with Crippen molar-refractivity contribution in [3.8, 4) is 0 Å². The fourth-order valence-electron chi connectivity index (χ4n) is 1.50. The van der Waals surface area contributed by atoms with Crippen LogP contribution >= 0.6 is 34.8 Å². The number of hydrogen-bond donors (Lipinski definition) is 0. The van der Waals surface area contributed by atoms with Crippen LogP contribution in [0.5, 0.6) is 0 Å². The highest BCUT2D eigenvalue weighted by Crippen LogP contribution is 2.23. The minimum absolute atomic E-state index is 0.524. The maximum absolute atomic E-state index is 5.94. The number of benzene rings is 1. The Kier molecular flexibility index (Phi) is 4.87. The molecular weight excluding hydrogens is 295 g/mol. The predicted molar refractivity (Wildman–Crippen MR) is 72.6 cm³/mol. The second kappa shape index (κ2) is 6.41. The smallest absolute Gasteiger partial charge is 0.220 e. The molecule has 0 atom stereocenters. The molecule has 96 valence electrons. The first-order valence-corrected chi connectivity index (χ1v) is 6.79. The van der Waals surface area contributed by atoms with Crippen LogP contribution in [0.25, 0.3) is 0 Å². The Bertz CT molecular complexity index is 528. The van der Waals surface area contributed by atoms with Crippen molar-refractivity contribution < 1.29 is 4.42 Å². The van der Waals surface area contributed by atoms with Gasteiger partial charge in [0.25, 0.3) is 0 Å². The van der Waals surface area contributed by atoms with Crippen molar-refractivity contribution in [3.63, 3.8) is 0 Å². The number of rotatable bonds is 5. The summed E-state index contributed by atoms with van der Waals surface area (Å²) >= 11 is 17.4. The van der Waals surface area contributed by atoms with Gasteiger partial charge in [-0.25, -0.2) is 0 Å². The Morgan fingerprint density at radius 1 is 1.06 bits per heavy atom. The van der Waals surface area contributed by atoms with Crippen LogP contribution in [0.4, 0.5) is 0 Å². The van der Waals surface area contributed by atoms with E-state index in [0.717, 1.165) is 12.0 Å². The number of halogens is 3. The van der Waals surface area contributed by atoms with Gasteiger partial charge in [0, 0.05) is 12.3 Å². The van der Waals surface area contributed by atoms with E-state index in [-0.39, 0.29) is 0 Å². The van der Waals surface area contributed by atoms with Crippen molar-refractivity contribution >= 4 is 34.8 Å². The SMILES string of the molecule is ClCCCc1nnc(Cc2ccc(Cl)c(Cl)c2)o1. The van der Waals surface area contributed by atoms with Crippen molar-refractivity contribution in [2.45, 2.75) is 19.3 Å². The Balaban J connectivity index is 2.04. The zero-order valence-corrected chi connectivity index (χ0v) is 11.8. The van der Waals surface area contributed by atoms with E-state index in [9.17, 15) is 0 Å². The molecular formula is C12H11Cl3N2O. The Morgan fingerprint density at radius 2 is 1.83 bits per heavy atom. The van der Waals surface area contributed by atoms with Crippen LogP contribution in [0.3, 0.4) is 0 Å². The van der Waals surface area contributed by atoms with Gasteiger partial charge in [-0.05, 0) is 24.1 Å². The average molecular weight is 306 g/mol. The van der Waals surface area contributed by atoms with E-state index in [1.807, 2.05) is 6.07 Å². The Labute approximate surface area is 120 Å². The minimum Gasteiger partial charge on any atom is -0.425 e. The van der Waals surface area contributed by atoms with Crippen LogP contribution in [0.1, 0.15) is 23.8 Å². The van der Waals surface area contributed by atoms with Crippen LogP contribution in [-0.4, -0.2) is 16.1 Å². The first-order chi connectivity index (χ1) is 8.69. The van der Waals surface area contributed by atoms with E-state index in [4.69, 9.17) is 39.2 Å². The van der Waals surface area contributed by atoms with Gasteiger partial charge in [-0.2, -0.15) is 0 Å². The highest BCUT2D eigenvalue weighted by molar-refractivity contribution is 6.42. The van der Waals surface area contributed by atoms with E-state index in [0.29, 0.717) is 40.5 Å². The second-order valence-electron chi connectivity index (χ2n) is 3.81. The third-order valence-corrected chi connectivity index (χ3v) is 3.38. The number of aryl methyl sites for hydroxylation is 1. The molecule has 0 saturated carbocycles. The molecule has 0 radical (unpaired) electrons. The Morgan fingerprint density at radius 3 is 2.56 bits per heavy atom. The fraction of sp³-hybridized carbons (Fsp3) is 0.333. The van der Waals surface area contributed by atoms with E-state index in [1.54, 1.807) is 12.1 Å². The molecule has 0 N–H and O–H groups in total. The molecule has 0 unspecified atom stereocenters. The highest BCUT2D eigenvalue weighted by Gasteiger charge is 2.08. The molecule has 0 aliphatic carbocycles. The lowest BCUT2D eigenvalue weighted by atomic mass is 10.1. The summed E-state index contributed by atoms with van der Waals surface area (Å²) in [6.07, 6.45) is 2.08. The van der Waals surface area contributed by atoms with Gasteiger partial charge in [-0.1, -0.05) is 29.3 Å². The maximum Gasteiger partial charge on any atom is 0.220 e. The Hall–Kier alpha value is -0.770. The number of nitrogens with zero attached hydrogens (tertiary/aromatic N) is 2. The number of hydrogen-bond acceptors (Lipinski definition) is 3. The zero-order chi connectivity index (χ0) is 13.0.